The average Bonchev–Trinajstić information content (AvgIpc) is 2.52. The first-order valence-electron chi connectivity index (χ1n) is 7.68. The molecule has 1 aromatic carbocycles. The molecule has 5 heteroatoms. The van der Waals surface area contributed by atoms with Gasteiger partial charge in [-0.05, 0) is 51.0 Å². The standard InChI is InChI=1S/C17H23FN2O.ClH/c18-16-8-3-2-7-15(16)9-10-17(21)19-11-6-14-20-12-4-1-5-13-20;/h2-3,7-10H,1,4-6,11-14H2,(H,19,21);1H. The van der Waals surface area contributed by atoms with Crippen LogP contribution in [0.5, 0.6) is 0 Å². The van der Waals surface area contributed by atoms with E-state index in [0.717, 1.165) is 13.0 Å². The third kappa shape index (κ3) is 6.58. The molecular weight excluding hydrogens is 303 g/mol. The van der Waals surface area contributed by atoms with Gasteiger partial charge in [0.25, 0.3) is 0 Å². The van der Waals surface area contributed by atoms with Gasteiger partial charge in [0.05, 0.1) is 0 Å². The van der Waals surface area contributed by atoms with E-state index in [1.807, 2.05) is 0 Å². The Hall–Kier alpha value is -1.39. The van der Waals surface area contributed by atoms with Crippen molar-refractivity contribution in [2.45, 2.75) is 25.7 Å². The smallest absolute Gasteiger partial charge is 0.244 e. The second kappa shape index (κ2) is 10.4. The molecule has 0 aliphatic carbocycles. The highest BCUT2D eigenvalue weighted by Crippen LogP contribution is 2.09. The molecule has 1 aromatic rings. The van der Waals surface area contributed by atoms with E-state index >= 15 is 0 Å². The Bertz CT molecular complexity index is 487. The van der Waals surface area contributed by atoms with Crippen molar-refractivity contribution in [1.82, 2.24) is 10.2 Å². The number of carbonyl (C=O) groups is 1. The van der Waals surface area contributed by atoms with Crippen molar-refractivity contribution in [2.75, 3.05) is 26.2 Å². The molecule has 1 aliphatic rings. The zero-order valence-corrected chi connectivity index (χ0v) is 13.6. The van der Waals surface area contributed by atoms with Gasteiger partial charge in [0.1, 0.15) is 5.82 Å². The molecule has 3 nitrogen and oxygen atoms in total. The second-order valence-electron chi connectivity index (χ2n) is 5.40. The lowest BCUT2D eigenvalue weighted by molar-refractivity contribution is -0.116. The molecule has 1 fully saturated rings. The highest BCUT2D eigenvalue weighted by atomic mass is 35.5. The minimum Gasteiger partial charge on any atom is -0.353 e. The summed E-state index contributed by atoms with van der Waals surface area (Å²) in [5, 5.41) is 2.84. The van der Waals surface area contributed by atoms with Crippen LogP contribution in [0.15, 0.2) is 30.3 Å². The monoisotopic (exact) mass is 326 g/mol. The Labute approximate surface area is 138 Å². The van der Waals surface area contributed by atoms with Crippen molar-refractivity contribution in [3.63, 3.8) is 0 Å². The number of nitrogens with zero attached hydrogens (tertiary/aromatic N) is 1. The quantitative estimate of drug-likeness (QED) is 0.643. The molecule has 0 aromatic heterocycles. The summed E-state index contributed by atoms with van der Waals surface area (Å²) >= 11 is 0. The predicted molar refractivity (Wildman–Crippen MR) is 90.6 cm³/mol. The zero-order chi connectivity index (χ0) is 14.9. The Balaban J connectivity index is 0.00000242. The van der Waals surface area contributed by atoms with Crippen molar-refractivity contribution in [3.8, 4) is 0 Å². The maximum Gasteiger partial charge on any atom is 0.244 e. The largest absolute Gasteiger partial charge is 0.353 e. The Morgan fingerprint density at radius 1 is 1.23 bits per heavy atom. The van der Waals surface area contributed by atoms with Crippen LogP contribution in [0.1, 0.15) is 31.2 Å². The summed E-state index contributed by atoms with van der Waals surface area (Å²) in [6.45, 7) is 4.07. The number of piperidine rings is 1. The van der Waals surface area contributed by atoms with Gasteiger partial charge in [-0.2, -0.15) is 0 Å². The van der Waals surface area contributed by atoms with Crippen LogP contribution in [0.4, 0.5) is 4.39 Å². The van der Waals surface area contributed by atoms with Gasteiger partial charge in [-0.3, -0.25) is 4.79 Å². The first kappa shape index (κ1) is 18.7. The van der Waals surface area contributed by atoms with Crippen molar-refractivity contribution in [3.05, 3.63) is 41.7 Å². The summed E-state index contributed by atoms with van der Waals surface area (Å²) in [6.07, 6.45) is 7.78. The highest BCUT2D eigenvalue weighted by molar-refractivity contribution is 5.91. The maximum atomic E-state index is 13.4. The van der Waals surface area contributed by atoms with Gasteiger partial charge in [-0.25, -0.2) is 4.39 Å². The molecule has 0 unspecified atom stereocenters. The fourth-order valence-electron chi connectivity index (χ4n) is 2.53. The molecule has 0 atom stereocenters. The summed E-state index contributed by atoms with van der Waals surface area (Å²) in [5.74, 6) is -0.483. The van der Waals surface area contributed by atoms with E-state index in [-0.39, 0.29) is 24.1 Å². The Kier molecular flexibility index (Phi) is 8.78. The van der Waals surface area contributed by atoms with Gasteiger partial charge < -0.3 is 10.2 Å². The average molecular weight is 327 g/mol. The second-order valence-corrected chi connectivity index (χ2v) is 5.40. The predicted octanol–water partition coefficient (Wildman–Crippen LogP) is 3.25. The minimum atomic E-state index is -0.313. The topological polar surface area (TPSA) is 32.3 Å². The number of likely N-dealkylation sites (tertiary alicyclic amines) is 1. The molecule has 0 saturated carbocycles. The van der Waals surface area contributed by atoms with E-state index in [1.54, 1.807) is 18.2 Å². The number of carbonyl (C=O) groups excluding carboxylic acids is 1. The van der Waals surface area contributed by atoms with Crippen LogP contribution in [0.3, 0.4) is 0 Å². The summed E-state index contributed by atoms with van der Waals surface area (Å²) in [4.78, 5) is 14.1. The Morgan fingerprint density at radius 2 is 1.95 bits per heavy atom. The SMILES string of the molecule is Cl.O=C(C=Cc1ccccc1F)NCCCN1CCCCC1. The van der Waals surface area contributed by atoms with Gasteiger partial charge in [0, 0.05) is 18.2 Å². The summed E-state index contributed by atoms with van der Waals surface area (Å²) < 4.78 is 13.4. The molecule has 2 rings (SSSR count). The molecule has 1 amide bonds. The van der Waals surface area contributed by atoms with Gasteiger partial charge >= 0.3 is 0 Å². The zero-order valence-electron chi connectivity index (χ0n) is 12.8. The first-order chi connectivity index (χ1) is 10.3. The van der Waals surface area contributed by atoms with Gasteiger partial charge in [-0.1, -0.05) is 24.6 Å². The van der Waals surface area contributed by atoms with Crippen molar-refractivity contribution >= 4 is 24.4 Å². The fraction of sp³-hybridized carbons (Fsp3) is 0.471. The number of hydrogen-bond donors (Lipinski definition) is 1. The molecule has 1 aliphatic heterocycles. The lowest BCUT2D eigenvalue weighted by Gasteiger charge is -2.26. The van der Waals surface area contributed by atoms with E-state index in [4.69, 9.17) is 0 Å². The molecule has 1 N–H and O–H groups in total. The van der Waals surface area contributed by atoms with Crippen LogP contribution in [0.2, 0.25) is 0 Å². The molecule has 0 bridgehead atoms. The van der Waals surface area contributed by atoms with Crippen LogP contribution in [-0.2, 0) is 4.79 Å². The molecule has 1 heterocycles. The number of amides is 1. The Morgan fingerprint density at radius 3 is 2.68 bits per heavy atom. The van der Waals surface area contributed by atoms with E-state index < -0.39 is 0 Å². The summed E-state index contributed by atoms with van der Waals surface area (Å²) in [7, 11) is 0. The van der Waals surface area contributed by atoms with E-state index in [1.165, 1.54) is 50.6 Å². The molecule has 122 valence electrons. The van der Waals surface area contributed by atoms with Crippen molar-refractivity contribution in [1.29, 1.82) is 0 Å². The molecular formula is C17H24ClFN2O. The molecule has 22 heavy (non-hydrogen) atoms. The van der Waals surface area contributed by atoms with E-state index in [0.29, 0.717) is 12.1 Å². The van der Waals surface area contributed by atoms with Crippen LogP contribution < -0.4 is 5.32 Å². The summed E-state index contributed by atoms with van der Waals surface area (Å²) in [5.41, 5.74) is 0.431. The van der Waals surface area contributed by atoms with Crippen LogP contribution in [0, 0.1) is 5.82 Å². The number of nitrogens with one attached hydrogen (secondary N) is 1. The van der Waals surface area contributed by atoms with Gasteiger partial charge in [0.15, 0.2) is 0 Å². The van der Waals surface area contributed by atoms with E-state index in [9.17, 15) is 9.18 Å². The van der Waals surface area contributed by atoms with Gasteiger partial charge in [0.2, 0.25) is 5.91 Å². The van der Waals surface area contributed by atoms with Crippen molar-refractivity contribution in [2.24, 2.45) is 0 Å². The fourth-order valence-corrected chi connectivity index (χ4v) is 2.53. The third-order valence-corrected chi connectivity index (χ3v) is 3.72. The highest BCUT2D eigenvalue weighted by Gasteiger charge is 2.08. The van der Waals surface area contributed by atoms with Gasteiger partial charge in [-0.15, -0.1) is 12.4 Å². The van der Waals surface area contributed by atoms with E-state index in [2.05, 4.69) is 10.2 Å². The lowest BCUT2D eigenvalue weighted by atomic mass is 10.1. The summed E-state index contributed by atoms with van der Waals surface area (Å²) in [6, 6.07) is 6.41. The number of rotatable bonds is 6. The lowest BCUT2D eigenvalue weighted by Crippen LogP contribution is -2.33. The first-order valence-corrected chi connectivity index (χ1v) is 7.68. The van der Waals surface area contributed by atoms with Crippen LogP contribution >= 0.6 is 12.4 Å². The van der Waals surface area contributed by atoms with Crippen LogP contribution in [0.25, 0.3) is 6.08 Å². The number of halogens is 2. The normalized spacial score (nSPS) is 15.5. The minimum absolute atomic E-state index is 0. The van der Waals surface area contributed by atoms with Crippen LogP contribution in [-0.4, -0.2) is 37.0 Å². The van der Waals surface area contributed by atoms with Crippen molar-refractivity contribution < 1.29 is 9.18 Å². The molecule has 0 radical (unpaired) electrons. The number of hydrogen-bond acceptors (Lipinski definition) is 2. The maximum absolute atomic E-state index is 13.4. The molecule has 0 spiro atoms. The molecule has 1 saturated heterocycles. The third-order valence-electron chi connectivity index (χ3n) is 3.72. The number of benzene rings is 1.